The molecule has 1 atom stereocenters. The van der Waals surface area contributed by atoms with E-state index in [4.69, 9.17) is 0 Å². The monoisotopic (exact) mass is 691 g/mol. The fraction of sp³-hybridized carbons (Fsp3) is 0.0204. The first-order chi connectivity index (χ1) is 26.3. The number of hydrogen-bond donors (Lipinski definition) is 1. The van der Waals surface area contributed by atoms with Crippen LogP contribution in [0.25, 0.3) is 87.3 Å². The van der Waals surface area contributed by atoms with E-state index in [0.717, 1.165) is 33.2 Å². The molecule has 1 aliphatic heterocycles. The molecule has 0 spiro atoms. The summed E-state index contributed by atoms with van der Waals surface area (Å²) >= 11 is 1.88. The number of nitrogens with one attached hydrogen (secondary N) is 1. The Kier molecular flexibility index (Phi) is 5.97. The van der Waals surface area contributed by atoms with Gasteiger partial charge in [0.15, 0.2) is 0 Å². The molecule has 1 unspecified atom stereocenters. The lowest BCUT2D eigenvalue weighted by Crippen LogP contribution is -2.01. The average Bonchev–Trinajstić information content (AvgIpc) is 3.90. The van der Waals surface area contributed by atoms with Gasteiger partial charge in [-0.25, -0.2) is 0 Å². The van der Waals surface area contributed by atoms with E-state index in [1.165, 1.54) is 70.3 Å². The molecule has 53 heavy (non-hydrogen) atoms. The highest BCUT2D eigenvalue weighted by atomic mass is 32.2. The van der Waals surface area contributed by atoms with E-state index in [1.54, 1.807) is 0 Å². The van der Waals surface area contributed by atoms with Crippen LogP contribution in [-0.2, 0) is 0 Å². The van der Waals surface area contributed by atoms with Crippen molar-refractivity contribution >= 4 is 93.4 Å². The van der Waals surface area contributed by atoms with Crippen molar-refractivity contribution in [1.82, 2.24) is 9.13 Å². The lowest BCUT2D eigenvalue weighted by atomic mass is 10.0. The fourth-order valence-electron chi connectivity index (χ4n) is 8.77. The highest BCUT2D eigenvalue weighted by Crippen LogP contribution is 2.50. The summed E-state index contributed by atoms with van der Waals surface area (Å²) in [6.07, 6.45) is 0. The molecule has 9 aromatic carbocycles. The lowest BCUT2D eigenvalue weighted by Gasteiger charge is -2.12. The largest absolute Gasteiger partial charge is 0.368 e. The Bertz CT molecular complexity index is 3280. The van der Waals surface area contributed by atoms with Crippen molar-refractivity contribution in [2.75, 3.05) is 5.32 Å². The first-order valence-corrected chi connectivity index (χ1v) is 18.9. The van der Waals surface area contributed by atoms with E-state index in [9.17, 15) is 0 Å². The highest BCUT2D eigenvalue weighted by molar-refractivity contribution is 8.00. The van der Waals surface area contributed by atoms with E-state index in [2.05, 4.69) is 190 Å². The van der Waals surface area contributed by atoms with Crippen molar-refractivity contribution in [3.63, 3.8) is 0 Å². The van der Waals surface area contributed by atoms with Crippen LogP contribution in [0, 0.1) is 12.1 Å². The molecule has 0 aliphatic carbocycles. The maximum atomic E-state index is 3.86. The molecule has 2 aromatic heterocycles. The van der Waals surface area contributed by atoms with Gasteiger partial charge in [-0.3, -0.25) is 0 Å². The standard InChI is InChI=1S/C49H29N3S/c1-3-12-32(13-4-1)49-50-48-45(53-49)26-22-31-19-20-33-27-35(23-24-37(33)46(31)48)52-42-25-21-30-11-7-8-16-36(30)47(42)40-28-39-38-17-9-10-18-41(38)51(43(39)29-44(40)52)34-14-5-2-6-15-34/h1-22,25-29,49-50H. The van der Waals surface area contributed by atoms with Gasteiger partial charge in [-0.05, 0) is 81.7 Å². The molecule has 11 aromatic rings. The number of benzene rings is 8. The minimum atomic E-state index is 0.172. The van der Waals surface area contributed by atoms with Crippen molar-refractivity contribution in [3.05, 3.63) is 181 Å². The third-order valence-corrected chi connectivity index (χ3v) is 12.3. The maximum absolute atomic E-state index is 3.86. The number of rotatable bonds is 3. The quantitative estimate of drug-likeness (QED) is 0.199. The fourth-order valence-corrected chi connectivity index (χ4v) is 9.92. The van der Waals surface area contributed by atoms with Gasteiger partial charge in [0.1, 0.15) is 5.37 Å². The summed E-state index contributed by atoms with van der Waals surface area (Å²) in [5, 5.41) is 16.2. The van der Waals surface area contributed by atoms with Crippen LogP contribution in [0.1, 0.15) is 10.9 Å². The normalized spacial score (nSPS) is 14.2. The zero-order chi connectivity index (χ0) is 34.6. The molecule has 0 saturated heterocycles. The Morgan fingerprint density at radius 2 is 1.19 bits per heavy atom. The van der Waals surface area contributed by atoms with Gasteiger partial charge in [-0.1, -0.05) is 133 Å². The van der Waals surface area contributed by atoms with Gasteiger partial charge in [0.05, 0.1) is 33.4 Å². The molecular formula is C49H29N3S. The predicted octanol–water partition coefficient (Wildman–Crippen LogP) is 13.2. The second-order valence-electron chi connectivity index (χ2n) is 14.0. The molecule has 0 radical (unpaired) electrons. The predicted molar refractivity (Wildman–Crippen MR) is 224 cm³/mol. The maximum Gasteiger partial charge on any atom is 0.103 e. The number of nitrogens with zero attached hydrogens (tertiary/aromatic N) is 2. The van der Waals surface area contributed by atoms with E-state index in [0.29, 0.717) is 0 Å². The van der Waals surface area contributed by atoms with Crippen LogP contribution < -0.4 is 5.32 Å². The molecular weight excluding hydrogens is 663 g/mol. The first kappa shape index (κ1) is 29.0. The van der Waals surface area contributed by atoms with Gasteiger partial charge in [-0.2, -0.15) is 0 Å². The number of thioether (sulfide) groups is 1. The number of para-hydroxylation sites is 2. The van der Waals surface area contributed by atoms with Gasteiger partial charge in [0, 0.05) is 42.9 Å². The molecule has 1 aliphatic rings. The van der Waals surface area contributed by atoms with Crippen LogP contribution in [0.15, 0.2) is 169 Å². The molecule has 0 bridgehead atoms. The van der Waals surface area contributed by atoms with Crippen LogP contribution in [0.3, 0.4) is 0 Å². The van der Waals surface area contributed by atoms with E-state index >= 15 is 0 Å². The third-order valence-electron chi connectivity index (χ3n) is 11.1. The van der Waals surface area contributed by atoms with Crippen LogP contribution >= 0.6 is 11.8 Å². The Labute approximate surface area is 309 Å². The molecule has 246 valence electrons. The molecule has 3 heterocycles. The van der Waals surface area contributed by atoms with E-state index in [1.807, 2.05) is 11.8 Å². The average molecular weight is 692 g/mol. The second-order valence-corrected chi connectivity index (χ2v) is 15.1. The summed E-state index contributed by atoms with van der Waals surface area (Å²) in [5.41, 5.74) is 9.29. The van der Waals surface area contributed by atoms with Gasteiger partial charge in [0.2, 0.25) is 0 Å². The summed E-state index contributed by atoms with van der Waals surface area (Å²) in [6, 6.07) is 66.9. The van der Waals surface area contributed by atoms with Crippen molar-refractivity contribution in [2.45, 2.75) is 10.3 Å². The summed E-state index contributed by atoms with van der Waals surface area (Å²) in [4.78, 5) is 1.27. The van der Waals surface area contributed by atoms with Crippen LogP contribution in [0.5, 0.6) is 0 Å². The Balaban J connectivity index is 1.14. The second kappa shape index (κ2) is 10.9. The lowest BCUT2D eigenvalue weighted by molar-refractivity contribution is 1.14. The van der Waals surface area contributed by atoms with Crippen molar-refractivity contribution in [3.8, 4) is 11.4 Å². The number of anilines is 1. The number of fused-ring (bicyclic) bond motifs is 13. The first-order valence-electron chi connectivity index (χ1n) is 18.0. The van der Waals surface area contributed by atoms with Crippen molar-refractivity contribution in [2.24, 2.45) is 0 Å². The van der Waals surface area contributed by atoms with Crippen molar-refractivity contribution in [1.29, 1.82) is 0 Å². The zero-order valence-corrected chi connectivity index (χ0v) is 29.3. The summed E-state index contributed by atoms with van der Waals surface area (Å²) in [5.74, 6) is 0. The molecule has 1 N–H and O–H groups in total. The SMILES string of the molecule is c1c(-n2c3cc4c(cc3c3c5ccccc5ccc32)c2ccccc2n4-c2ccccc2)cc2ccc3ccc4c(c3c2c#1)NC(c1ccccc1)S4. The van der Waals surface area contributed by atoms with Gasteiger partial charge < -0.3 is 14.5 Å². The minimum Gasteiger partial charge on any atom is -0.368 e. The Morgan fingerprint density at radius 1 is 0.472 bits per heavy atom. The number of aromatic nitrogens is 2. The molecule has 12 rings (SSSR count). The third kappa shape index (κ3) is 4.14. The van der Waals surface area contributed by atoms with Gasteiger partial charge in [-0.15, -0.1) is 0 Å². The van der Waals surface area contributed by atoms with Gasteiger partial charge >= 0.3 is 0 Å². The van der Waals surface area contributed by atoms with Crippen LogP contribution in [0.2, 0.25) is 0 Å². The van der Waals surface area contributed by atoms with E-state index < -0.39 is 0 Å². The van der Waals surface area contributed by atoms with E-state index in [-0.39, 0.29) is 5.37 Å². The topological polar surface area (TPSA) is 21.9 Å². The number of hydrogen-bond acceptors (Lipinski definition) is 2. The molecule has 0 fully saturated rings. The van der Waals surface area contributed by atoms with Crippen LogP contribution in [0.4, 0.5) is 5.69 Å². The molecule has 3 nitrogen and oxygen atoms in total. The zero-order valence-electron chi connectivity index (χ0n) is 28.5. The highest BCUT2D eigenvalue weighted by Gasteiger charge is 2.26. The van der Waals surface area contributed by atoms with Crippen LogP contribution in [-0.4, -0.2) is 9.13 Å². The van der Waals surface area contributed by atoms with Crippen molar-refractivity contribution < 1.29 is 0 Å². The summed E-state index contributed by atoms with van der Waals surface area (Å²) in [7, 11) is 0. The summed E-state index contributed by atoms with van der Waals surface area (Å²) < 4.78 is 4.81. The molecule has 0 amide bonds. The minimum absolute atomic E-state index is 0.172. The summed E-state index contributed by atoms with van der Waals surface area (Å²) in [6.45, 7) is 0. The Morgan fingerprint density at radius 3 is 2.08 bits per heavy atom. The van der Waals surface area contributed by atoms with Gasteiger partial charge in [0.25, 0.3) is 0 Å². The Hall–Kier alpha value is -6.67. The smallest absolute Gasteiger partial charge is 0.103 e. The molecule has 0 saturated carbocycles. The molecule has 4 heteroatoms.